The molecule has 0 aliphatic heterocycles. The lowest BCUT2D eigenvalue weighted by Gasteiger charge is -2.09. The fourth-order valence-electron chi connectivity index (χ4n) is 0.983. The first-order valence-corrected chi connectivity index (χ1v) is 4.10. The summed E-state index contributed by atoms with van der Waals surface area (Å²) in [5.41, 5.74) is -0.500. The molecule has 0 saturated heterocycles. The molecule has 0 fully saturated rings. The van der Waals surface area contributed by atoms with E-state index in [1.807, 2.05) is 0 Å². The highest BCUT2D eigenvalue weighted by Gasteiger charge is 2.17. The zero-order valence-corrected chi connectivity index (χ0v) is 8.05. The summed E-state index contributed by atoms with van der Waals surface area (Å²) in [6, 6.07) is 1.25. The van der Waals surface area contributed by atoms with E-state index >= 15 is 0 Å². The molecular formula is C8H8ClF2NO2. The van der Waals surface area contributed by atoms with Crippen LogP contribution < -0.4 is 4.74 Å². The number of halogens is 3. The number of ether oxygens (including phenoxy) is 1. The first kappa shape index (κ1) is 11.1. The third kappa shape index (κ3) is 2.10. The number of hydrogen-bond donors (Lipinski definition) is 1. The minimum absolute atomic E-state index is 0.0150. The van der Waals surface area contributed by atoms with E-state index in [-0.39, 0.29) is 16.5 Å². The van der Waals surface area contributed by atoms with Gasteiger partial charge in [-0.1, -0.05) is 11.6 Å². The second kappa shape index (κ2) is 4.52. The molecule has 1 N–H and O–H groups in total. The molecule has 1 heterocycles. The van der Waals surface area contributed by atoms with Crippen LogP contribution in [0.5, 0.6) is 5.75 Å². The van der Waals surface area contributed by atoms with Crippen molar-refractivity contribution in [2.75, 3.05) is 7.11 Å². The molecular weight excluding hydrogens is 216 g/mol. The van der Waals surface area contributed by atoms with Crippen LogP contribution in [0.3, 0.4) is 0 Å². The van der Waals surface area contributed by atoms with E-state index in [2.05, 4.69) is 4.98 Å². The van der Waals surface area contributed by atoms with Crippen molar-refractivity contribution in [1.29, 1.82) is 0 Å². The summed E-state index contributed by atoms with van der Waals surface area (Å²) in [5, 5.41) is 8.67. The molecule has 6 heteroatoms. The Hall–Kier alpha value is -0.940. The monoisotopic (exact) mass is 223 g/mol. The van der Waals surface area contributed by atoms with Crippen LogP contribution in [0.15, 0.2) is 6.07 Å². The summed E-state index contributed by atoms with van der Waals surface area (Å²) in [6.07, 6.45) is -2.76. The molecule has 0 saturated carbocycles. The lowest BCUT2D eigenvalue weighted by molar-refractivity contribution is 0.141. The molecule has 0 aromatic carbocycles. The fraction of sp³-hybridized carbons (Fsp3) is 0.375. The maximum atomic E-state index is 12.4. The molecule has 0 unspecified atom stereocenters. The number of pyridine rings is 1. The van der Waals surface area contributed by atoms with Crippen molar-refractivity contribution < 1.29 is 18.6 Å². The Morgan fingerprint density at radius 3 is 2.71 bits per heavy atom. The predicted molar refractivity (Wildman–Crippen MR) is 46.7 cm³/mol. The first-order valence-electron chi connectivity index (χ1n) is 3.72. The molecule has 0 bridgehead atoms. The number of hydrogen-bond acceptors (Lipinski definition) is 3. The van der Waals surface area contributed by atoms with Gasteiger partial charge in [0, 0.05) is 5.56 Å². The number of aromatic nitrogens is 1. The Morgan fingerprint density at radius 1 is 1.64 bits per heavy atom. The van der Waals surface area contributed by atoms with Crippen molar-refractivity contribution in [3.63, 3.8) is 0 Å². The van der Waals surface area contributed by atoms with Gasteiger partial charge in [-0.2, -0.15) is 0 Å². The van der Waals surface area contributed by atoms with E-state index in [1.165, 1.54) is 13.2 Å². The number of aliphatic hydroxyl groups excluding tert-OH is 1. The smallest absolute Gasteiger partial charge is 0.280 e. The van der Waals surface area contributed by atoms with E-state index in [0.717, 1.165) is 0 Å². The Labute approximate surface area is 84.3 Å². The Balaban J connectivity index is 3.24. The normalized spacial score (nSPS) is 10.7. The number of nitrogens with zero attached hydrogens (tertiary/aromatic N) is 1. The Bertz CT molecular complexity index is 333. The molecule has 0 amide bonds. The van der Waals surface area contributed by atoms with Gasteiger partial charge in [0.1, 0.15) is 5.69 Å². The van der Waals surface area contributed by atoms with Crippen LogP contribution in [0.4, 0.5) is 8.78 Å². The summed E-state index contributed by atoms with van der Waals surface area (Å²) in [7, 11) is 1.34. The molecule has 0 aliphatic carbocycles. The van der Waals surface area contributed by atoms with Crippen LogP contribution in [0.2, 0.25) is 5.15 Å². The van der Waals surface area contributed by atoms with Gasteiger partial charge in [0.25, 0.3) is 6.43 Å². The molecule has 3 nitrogen and oxygen atoms in total. The minimum Gasteiger partial charge on any atom is -0.494 e. The van der Waals surface area contributed by atoms with E-state index in [9.17, 15) is 8.78 Å². The van der Waals surface area contributed by atoms with Gasteiger partial charge in [-0.3, -0.25) is 0 Å². The topological polar surface area (TPSA) is 42.4 Å². The lowest BCUT2D eigenvalue weighted by Crippen LogP contribution is -2.01. The number of methoxy groups -OCH3 is 1. The van der Waals surface area contributed by atoms with Crippen LogP contribution in [-0.2, 0) is 6.61 Å². The molecule has 78 valence electrons. The summed E-state index contributed by atoms with van der Waals surface area (Å²) in [4.78, 5) is 3.44. The van der Waals surface area contributed by atoms with E-state index in [1.54, 1.807) is 0 Å². The van der Waals surface area contributed by atoms with Gasteiger partial charge in [0.05, 0.1) is 13.7 Å². The van der Waals surface area contributed by atoms with Crippen molar-refractivity contribution >= 4 is 11.6 Å². The van der Waals surface area contributed by atoms with Crippen LogP contribution in [0, 0.1) is 0 Å². The molecule has 0 spiro atoms. The zero-order chi connectivity index (χ0) is 10.7. The molecule has 0 aliphatic rings. The second-order valence-electron chi connectivity index (χ2n) is 2.48. The average Bonchev–Trinajstić information content (AvgIpc) is 2.17. The van der Waals surface area contributed by atoms with E-state index < -0.39 is 18.7 Å². The van der Waals surface area contributed by atoms with Gasteiger partial charge in [-0.05, 0) is 6.07 Å². The molecule has 0 atom stereocenters. The Kier molecular flexibility index (Phi) is 3.60. The van der Waals surface area contributed by atoms with Gasteiger partial charge in [-0.25, -0.2) is 13.8 Å². The molecule has 1 aromatic rings. The van der Waals surface area contributed by atoms with Crippen molar-refractivity contribution in [2.45, 2.75) is 13.0 Å². The van der Waals surface area contributed by atoms with Gasteiger partial charge in [0.2, 0.25) is 0 Å². The van der Waals surface area contributed by atoms with Crippen LogP contribution in [-0.4, -0.2) is 17.2 Å². The number of alkyl halides is 2. The van der Waals surface area contributed by atoms with Gasteiger partial charge in [-0.15, -0.1) is 0 Å². The van der Waals surface area contributed by atoms with Crippen molar-refractivity contribution in [1.82, 2.24) is 4.98 Å². The standard InChI is InChI=1S/C8H8ClF2NO2/c1-14-5-2-4(3-13)6(8(10)11)12-7(5)9/h2,8,13H,3H2,1H3. The summed E-state index contributed by atoms with van der Waals surface area (Å²) in [6.45, 7) is -0.528. The highest BCUT2D eigenvalue weighted by atomic mass is 35.5. The molecule has 1 aromatic heterocycles. The number of aliphatic hydroxyl groups is 1. The van der Waals surface area contributed by atoms with Gasteiger partial charge >= 0.3 is 0 Å². The SMILES string of the molecule is COc1cc(CO)c(C(F)F)nc1Cl. The number of rotatable bonds is 3. The highest BCUT2D eigenvalue weighted by molar-refractivity contribution is 6.30. The summed E-state index contributed by atoms with van der Waals surface area (Å²) in [5.74, 6) is 0.167. The van der Waals surface area contributed by atoms with Gasteiger partial charge in [0.15, 0.2) is 10.9 Å². The maximum Gasteiger partial charge on any atom is 0.280 e. The fourth-order valence-corrected chi connectivity index (χ4v) is 1.21. The third-order valence-corrected chi connectivity index (χ3v) is 1.92. The van der Waals surface area contributed by atoms with Crippen molar-refractivity contribution in [3.8, 4) is 5.75 Å². The first-order chi connectivity index (χ1) is 6.60. The van der Waals surface area contributed by atoms with E-state index in [0.29, 0.717) is 0 Å². The lowest BCUT2D eigenvalue weighted by atomic mass is 10.2. The van der Waals surface area contributed by atoms with Crippen LogP contribution >= 0.6 is 11.6 Å². The average molecular weight is 224 g/mol. The summed E-state index contributed by atoms with van der Waals surface area (Å²) < 4.78 is 29.5. The molecule has 14 heavy (non-hydrogen) atoms. The summed E-state index contributed by atoms with van der Waals surface area (Å²) >= 11 is 5.55. The molecule has 1 rings (SSSR count). The maximum absolute atomic E-state index is 12.4. The highest BCUT2D eigenvalue weighted by Crippen LogP contribution is 2.29. The van der Waals surface area contributed by atoms with Gasteiger partial charge < -0.3 is 9.84 Å². The quantitative estimate of drug-likeness (QED) is 0.799. The zero-order valence-electron chi connectivity index (χ0n) is 7.30. The third-order valence-electron chi connectivity index (χ3n) is 1.65. The minimum atomic E-state index is -2.76. The predicted octanol–water partition coefficient (Wildman–Crippen LogP) is 2.17. The van der Waals surface area contributed by atoms with Crippen LogP contribution in [0.25, 0.3) is 0 Å². The van der Waals surface area contributed by atoms with Crippen molar-refractivity contribution in [3.05, 3.63) is 22.5 Å². The second-order valence-corrected chi connectivity index (χ2v) is 2.84. The largest absolute Gasteiger partial charge is 0.494 e. The Morgan fingerprint density at radius 2 is 2.29 bits per heavy atom. The van der Waals surface area contributed by atoms with Crippen molar-refractivity contribution in [2.24, 2.45) is 0 Å². The molecule has 0 radical (unpaired) electrons. The van der Waals surface area contributed by atoms with E-state index in [4.69, 9.17) is 21.4 Å². The van der Waals surface area contributed by atoms with Crippen LogP contribution in [0.1, 0.15) is 17.7 Å².